The fourth-order valence-electron chi connectivity index (χ4n) is 4.14. The summed E-state index contributed by atoms with van der Waals surface area (Å²) >= 11 is 0. The molecule has 0 aromatic heterocycles. The highest BCUT2D eigenvalue weighted by atomic mass is 16.5. The van der Waals surface area contributed by atoms with Gasteiger partial charge in [-0.1, -0.05) is 121 Å². The van der Waals surface area contributed by atoms with Crippen molar-refractivity contribution in [2.24, 2.45) is 5.92 Å². The SMILES string of the molecule is CCCCCCCCCCC(CCCCCCCC)CC(=O)Oc1ccc(C)cc1. The van der Waals surface area contributed by atoms with E-state index in [1.165, 1.54) is 108 Å². The van der Waals surface area contributed by atoms with Gasteiger partial charge >= 0.3 is 5.97 Å². The molecule has 0 N–H and O–H groups in total. The van der Waals surface area contributed by atoms with Crippen LogP contribution in [0.3, 0.4) is 0 Å². The molecule has 30 heavy (non-hydrogen) atoms. The maximum atomic E-state index is 12.5. The van der Waals surface area contributed by atoms with Gasteiger partial charge in [0.25, 0.3) is 0 Å². The molecule has 0 aliphatic carbocycles. The molecule has 0 radical (unpaired) electrons. The number of esters is 1. The van der Waals surface area contributed by atoms with Gasteiger partial charge in [0, 0.05) is 6.42 Å². The van der Waals surface area contributed by atoms with Gasteiger partial charge in [0.2, 0.25) is 0 Å². The van der Waals surface area contributed by atoms with Gasteiger partial charge in [0.1, 0.15) is 5.75 Å². The standard InChI is InChI=1S/C28H48O2/c1-4-6-8-10-12-13-15-17-19-26(18-16-14-11-9-7-5-2)24-28(29)30-27-22-20-25(3)21-23-27/h20-23,26H,4-19,24H2,1-3H3. The third-order valence-corrected chi connectivity index (χ3v) is 6.14. The number of hydrogen-bond acceptors (Lipinski definition) is 2. The number of rotatable bonds is 19. The van der Waals surface area contributed by atoms with Crippen molar-refractivity contribution in [1.29, 1.82) is 0 Å². The van der Waals surface area contributed by atoms with Gasteiger partial charge in [0.05, 0.1) is 0 Å². The Morgan fingerprint density at radius 2 is 1.13 bits per heavy atom. The van der Waals surface area contributed by atoms with Gasteiger partial charge in [0.15, 0.2) is 0 Å². The molecule has 172 valence electrons. The van der Waals surface area contributed by atoms with E-state index in [-0.39, 0.29) is 5.97 Å². The van der Waals surface area contributed by atoms with Crippen LogP contribution in [-0.4, -0.2) is 5.97 Å². The van der Waals surface area contributed by atoms with Crippen molar-refractivity contribution in [2.75, 3.05) is 0 Å². The zero-order chi connectivity index (χ0) is 21.9. The molecule has 1 rings (SSSR count). The third kappa shape index (κ3) is 14.6. The molecule has 2 nitrogen and oxygen atoms in total. The quantitative estimate of drug-likeness (QED) is 0.128. The van der Waals surface area contributed by atoms with E-state index in [0.29, 0.717) is 18.1 Å². The van der Waals surface area contributed by atoms with E-state index in [1.807, 2.05) is 31.2 Å². The van der Waals surface area contributed by atoms with Gasteiger partial charge < -0.3 is 4.74 Å². The molecule has 0 amide bonds. The molecular weight excluding hydrogens is 368 g/mol. The average molecular weight is 417 g/mol. The number of unbranched alkanes of at least 4 members (excludes halogenated alkanes) is 12. The van der Waals surface area contributed by atoms with Gasteiger partial charge in [-0.3, -0.25) is 4.79 Å². The summed E-state index contributed by atoms with van der Waals surface area (Å²) in [6, 6.07) is 7.79. The van der Waals surface area contributed by atoms with E-state index in [2.05, 4.69) is 13.8 Å². The molecule has 0 aliphatic heterocycles. The van der Waals surface area contributed by atoms with Crippen LogP contribution in [0.5, 0.6) is 5.75 Å². The Balaban J connectivity index is 2.33. The maximum Gasteiger partial charge on any atom is 0.311 e. The molecule has 0 spiro atoms. The Morgan fingerprint density at radius 3 is 1.60 bits per heavy atom. The van der Waals surface area contributed by atoms with Crippen molar-refractivity contribution in [2.45, 2.75) is 130 Å². The molecule has 1 aromatic carbocycles. The minimum Gasteiger partial charge on any atom is -0.427 e. The van der Waals surface area contributed by atoms with Crippen molar-refractivity contribution in [3.05, 3.63) is 29.8 Å². The lowest BCUT2D eigenvalue weighted by Gasteiger charge is -2.16. The highest BCUT2D eigenvalue weighted by Crippen LogP contribution is 2.23. The van der Waals surface area contributed by atoms with Crippen molar-refractivity contribution < 1.29 is 9.53 Å². The van der Waals surface area contributed by atoms with E-state index < -0.39 is 0 Å². The second kappa shape index (κ2) is 18.5. The first-order valence-corrected chi connectivity index (χ1v) is 12.9. The van der Waals surface area contributed by atoms with Crippen LogP contribution in [0.15, 0.2) is 24.3 Å². The van der Waals surface area contributed by atoms with Gasteiger partial charge in [-0.25, -0.2) is 0 Å². The van der Waals surface area contributed by atoms with Crippen molar-refractivity contribution >= 4 is 5.97 Å². The normalized spacial score (nSPS) is 12.1. The topological polar surface area (TPSA) is 26.3 Å². The number of benzene rings is 1. The molecule has 0 fully saturated rings. The maximum absolute atomic E-state index is 12.5. The van der Waals surface area contributed by atoms with Gasteiger partial charge in [-0.05, 0) is 37.8 Å². The predicted molar refractivity (Wildman–Crippen MR) is 130 cm³/mol. The summed E-state index contributed by atoms with van der Waals surface area (Å²) in [7, 11) is 0. The molecule has 2 heteroatoms. The van der Waals surface area contributed by atoms with Crippen LogP contribution in [0.25, 0.3) is 0 Å². The van der Waals surface area contributed by atoms with Crippen LogP contribution in [0.1, 0.15) is 129 Å². The molecule has 0 aliphatic rings. The molecule has 1 unspecified atom stereocenters. The Morgan fingerprint density at radius 1 is 0.700 bits per heavy atom. The second-order valence-electron chi connectivity index (χ2n) is 9.18. The van der Waals surface area contributed by atoms with Crippen LogP contribution in [0, 0.1) is 12.8 Å². The Bertz CT molecular complexity index is 520. The van der Waals surface area contributed by atoms with E-state index in [9.17, 15) is 4.79 Å². The van der Waals surface area contributed by atoms with Crippen LogP contribution >= 0.6 is 0 Å². The Kier molecular flexibility index (Phi) is 16.4. The second-order valence-corrected chi connectivity index (χ2v) is 9.18. The van der Waals surface area contributed by atoms with E-state index in [4.69, 9.17) is 4.74 Å². The van der Waals surface area contributed by atoms with E-state index in [0.717, 1.165) is 0 Å². The smallest absolute Gasteiger partial charge is 0.311 e. The van der Waals surface area contributed by atoms with Crippen LogP contribution in [0.2, 0.25) is 0 Å². The fraction of sp³-hybridized carbons (Fsp3) is 0.750. The minimum atomic E-state index is -0.0607. The monoisotopic (exact) mass is 416 g/mol. The summed E-state index contributed by atoms with van der Waals surface area (Å²) < 4.78 is 5.60. The molecule has 0 saturated heterocycles. The highest BCUT2D eigenvalue weighted by Gasteiger charge is 2.15. The highest BCUT2D eigenvalue weighted by molar-refractivity contribution is 5.72. The number of ether oxygens (including phenoxy) is 1. The van der Waals surface area contributed by atoms with E-state index >= 15 is 0 Å². The lowest BCUT2D eigenvalue weighted by molar-refractivity contribution is -0.135. The number of aryl methyl sites for hydroxylation is 1. The summed E-state index contributed by atoms with van der Waals surface area (Å²) in [5.74, 6) is 1.10. The number of hydrogen-bond donors (Lipinski definition) is 0. The lowest BCUT2D eigenvalue weighted by Crippen LogP contribution is -2.14. The number of carbonyl (C=O) groups excluding carboxylic acids is 1. The molecule has 1 aromatic rings. The Hall–Kier alpha value is -1.31. The van der Waals surface area contributed by atoms with Crippen molar-refractivity contribution in [3.63, 3.8) is 0 Å². The molecule has 0 saturated carbocycles. The summed E-state index contributed by atoms with van der Waals surface area (Å²) in [5, 5.41) is 0. The molecule has 1 atom stereocenters. The third-order valence-electron chi connectivity index (χ3n) is 6.14. The van der Waals surface area contributed by atoms with Crippen LogP contribution in [-0.2, 0) is 4.79 Å². The summed E-state index contributed by atoms with van der Waals surface area (Å²) in [4.78, 5) is 12.5. The predicted octanol–water partition coefficient (Wildman–Crippen LogP) is 9.19. The zero-order valence-corrected chi connectivity index (χ0v) is 20.2. The first-order chi connectivity index (χ1) is 14.7. The summed E-state index contributed by atoms with van der Waals surface area (Å²) in [6.45, 7) is 6.58. The average Bonchev–Trinajstić information content (AvgIpc) is 2.74. The number of carbonyl (C=O) groups is 1. The van der Waals surface area contributed by atoms with Crippen LogP contribution in [0.4, 0.5) is 0 Å². The fourth-order valence-corrected chi connectivity index (χ4v) is 4.14. The summed E-state index contributed by atoms with van der Waals surface area (Å²) in [6.07, 6.45) is 21.6. The first kappa shape index (κ1) is 26.7. The van der Waals surface area contributed by atoms with Crippen molar-refractivity contribution in [1.82, 2.24) is 0 Å². The van der Waals surface area contributed by atoms with Gasteiger partial charge in [-0.2, -0.15) is 0 Å². The van der Waals surface area contributed by atoms with Crippen molar-refractivity contribution in [3.8, 4) is 5.75 Å². The molecular formula is C28H48O2. The van der Waals surface area contributed by atoms with Crippen LogP contribution < -0.4 is 4.74 Å². The first-order valence-electron chi connectivity index (χ1n) is 12.9. The largest absolute Gasteiger partial charge is 0.427 e. The lowest BCUT2D eigenvalue weighted by atomic mass is 9.91. The Labute approximate surface area is 187 Å². The van der Waals surface area contributed by atoms with Gasteiger partial charge in [-0.15, -0.1) is 0 Å². The van der Waals surface area contributed by atoms with E-state index in [1.54, 1.807) is 0 Å². The zero-order valence-electron chi connectivity index (χ0n) is 20.2. The summed E-state index contributed by atoms with van der Waals surface area (Å²) in [5.41, 5.74) is 1.19. The molecule has 0 heterocycles. The molecule has 0 bridgehead atoms. The minimum absolute atomic E-state index is 0.0607.